The standard InChI is InChI=1S/C51H30N4O2/c1-3-13-31(14-4-1)33-25-27-37-45(29-33)56-43-23-11-19-39(47(37)43)50-52-49(32-15-5-2-6-16-32)53-51(54-50)40-20-12-24-44-48(40)38-28-26-34(30-46(38)57-44)55-41-21-9-7-17-35(41)36-18-8-10-22-42(36)55/h1-30H. The quantitative estimate of drug-likeness (QED) is 0.176. The van der Waals surface area contributed by atoms with Crippen LogP contribution in [0, 0.1) is 0 Å². The van der Waals surface area contributed by atoms with Crippen LogP contribution in [0.4, 0.5) is 0 Å². The molecule has 12 aromatic rings. The summed E-state index contributed by atoms with van der Waals surface area (Å²) in [5, 5.41) is 6.36. The van der Waals surface area contributed by atoms with E-state index >= 15 is 0 Å². The van der Waals surface area contributed by atoms with Crippen molar-refractivity contribution in [3.63, 3.8) is 0 Å². The van der Waals surface area contributed by atoms with Gasteiger partial charge in [-0.1, -0.05) is 127 Å². The highest BCUT2D eigenvalue weighted by Gasteiger charge is 2.21. The minimum atomic E-state index is 0.565. The summed E-state index contributed by atoms with van der Waals surface area (Å²) in [6.45, 7) is 0. The van der Waals surface area contributed by atoms with Crippen molar-refractivity contribution in [2.75, 3.05) is 0 Å². The average molecular weight is 731 g/mol. The van der Waals surface area contributed by atoms with Gasteiger partial charge >= 0.3 is 0 Å². The Bertz CT molecular complexity index is 3470. The molecule has 266 valence electrons. The summed E-state index contributed by atoms with van der Waals surface area (Å²) in [7, 11) is 0. The van der Waals surface area contributed by atoms with Gasteiger partial charge in [-0.2, -0.15) is 0 Å². The van der Waals surface area contributed by atoms with Crippen LogP contribution in [-0.2, 0) is 0 Å². The van der Waals surface area contributed by atoms with Gasteiger partial charge in [-0.05, 0) is 59.7 Å². The van der Waals surface area contributed by atoms with E-state index in [1.807, 2.05) is 60.7 Å². The van der Waals surface area contributed by atoms with Crippen LogP contribution in [0.15, 0.2) is 191 Å². The van der Waals surface area contributed by atoms with Gasteiger partial charge in [-0.15, -0.1) is 0 Å². The van der Waals surface area contributed by atoms with Gasteiger partial charge in [0.1, 0.15) is 22.3 Å². The van der Waals surface area contributed by atoms with Crippen molar-refractivity contribution in [2.24, 2.45) is 0 Å². The van der Waals surface area contributed by atoms with Crippen molar-refractivity contribution in [2.45, 2.75) is 0 Å². The molecule has 4 aromatic heterocycles. The number of rotatable bonds is 5. The predicted octanol–water partition coefficient (Wildman–Crippen LogP) is 13.4. The van der Waals surface area contributed by atoms with E-state index < -0.39 is 0 Å². The van der Waals surface area contributed by atoms with Crippen molar-refractivity contribution in [3.05, 3.63) is 182 Å². The molecule has 0 aliphatic rings. The zero-order valence-corrected chi connectivity index (χ0v) is 30.4. The molecule has 4 heterocycles. The lowest BCUT2D eigenvalue weighted by Gasteiger charge is -2.10. The third kappa shape index (κ3) is 4.94. The maximum Gasteiger partial charge on any atom is 0.164 e. The number of nitrogens with zero attached hydrogens (tertiary/aromatic N) is 4. The topological polar surface area (TPSA) is 69.9 Å². The lowest BCUT2D eigenvalue weighted by molar-refractivity contribution is 0.668. The summed E-state index contributed by atoms with van der Waals surface area (Å²) in [6, 6.07) is 62.6. The van der Waals surface area contributed by atoms with Crippen LogP contribution in [0.25, 0.3) is 117 Å². The normalized spacial score (nSPS) is 11.9. The maximum absolute atomic E-state index is 6.65. The highest BCUT2D eigenvalue weighted by atomic mass is 16.3. The number of para-hydroxylation sites is 2. The van der Waals surface area contributed by atoms with Crippen molar-refractivity contribution in [1.29, 1.82) is 0 Å². The number of hydrogen-bond donors (Lipinski definition) is 0. The smallest absolute Gasteiger partial charge is 0.164 e. The second-order valence-electron chi connectivity index (χ2n) is 14.4. The number of aromatic nitrogens is 4. The van der Waals surface area contributed by atoms with Crippen LogP contribution in [0.2, 0.25) is 0 Å². The van der Waals surface area contributed by atoms with E-state index in [2.05, 4.69) is 126 Å². The van der Waals surface area contributed by atoms with Gasteiger partial charge in [0.05, 0.1) is 11.0 Å². The molecular formula is C51H30N4O2. The Morgan fingerprint density at radius 3 is 1.46 bits per heavy atom. The van der Waals surface area contributed by atoms with Crippen LogP contribution in [0.1, 0.15) is 0 Å². The zero-order valence-electron chi connectivity index (χ0n) is 30.4. The first-order valence-electron chi connectivity index (χ1n) is 19.0. The SMILES string of the molecule is c1ccc(-c2ccc3c(c2)oc2cccc(-c4nc(-c5ccccc5)nc(-c5cccc6oc7cc(-n8c9ccccc9c9ccccc98)ccc7c56)n4)c23)cc1. The predicted molar refractivity (Wildman–Crippen MR) is 230 cm³/mol. The monoisotopic (exact) mass is 730 g/mol. The largest absolute Gasteiger partial charge is 0.456 e. The summed E-state index contributed by atoms with van der Waals surface area (Å²) < 4.78 is 15.5. The number of hydrogen-bond acceptors (Lipinski definition) is 5. The van der Waals surface area contributed by atoms with Crippen LogP contribution in [-0.4, -0.2) is 19.5 Å². The average Bonchev–Trinajstić information content (AvgIpc) is 3.96. The molecule has 0 unspecified atom stereocenters. The van der Waals surface area contributed by atoms with Crippen LogP contribution < -0.4 is 0 Å². The summed E-state index contributed by atoms with van der Waals surface area (Å²) in [5.41, 5.74) is 11.4. The first kappa shape index (κ1) is 31.5. The minimum absolute atomic E-state index is 0.565. The lowest BCUT2D eigenvalue weighted by Crippen LogP contribution is -2.00. The Labute approximate surface area is 325 Å². The molecule has 0 atom stereocenters. The fourth-order valence-corrected chi connectivity index (χ4v) is 8.50. The zero-order chi connectivity index (χ0) is 37.5. The molecule has 6 nitrogen and oxygen atoms in total. The number of fused-ring (bicyclic) bond motifs is 9. The molecule has 0 aliphatic heterocycles. The molecule has 12 rings (SSSR count). The van der Waals surface area contributed by atoms with E-state index in [9.17, 15) is 0 Å². The van der Waals surface area contributed by atoms with Crippen molar-refractivity contribution < 1.29 is 8.83 Å². The molecule has 0 aliphatic carbocycles. The Kier molecular flexibility index (Phi) is 6.83. The summed E-state index contributed by atoms with van der Waals surface area (Å²) in [4.78, 5) is 15.5. The van der Waals surface area contributed by atoms with Gasteiger partial charge in [-0.25, -0.2) is 15.0 Å². The van der Waals surface area contributed by atoms with Crippen LogP contribution in [0.5, 0.6) is 0 Å². The fourth-order valence-electron chi connectivity index (χ4n) is 8.50. The molecule has 0 saturated heterocycles. The Balaban J connectivity index is 1.05. The van der Waals surface area contributed by atoms with Crippen LogP contribution >= 0.6 is 0 Å². The second-order valence-corrected chi connectivity index (χ2v) is 14.4. The molecule has 57 heavy (non-hydrogen) atoms. The third-order valence-electron chi connectivity index (χ3n) is 11.1. The van der Waals surface area contributed by atoms with Gasteiger partial charge in [-0.3, -0.25) is 0 Å². The maximum atomic E-state index is 6.65. The van der Waals surface area contributed by atoms with E-state index in [-0.39, 0.29) is 0 Å². The first-order valence-corrected chi connectivity index (χ1v) is 19.0. The minimum Gasteiger partial charge on any atom is -0.456 e. The highest BCUT2D eigenvalue weighted by molar-refractivity contribution is 6.14. The van der Waals surface area contributed by atoms with Gasteiger partial charge in [0.2, 0.25) is 0 Å². The molecule has 0 fully saturated rings. The third-order valence-corrected chi connectivity index (χ3v) is 11.1. The van der Waals surface area contributed by atoms with E-state index in [1.54, 1.807) is 0 Å². The van der Waals surface area contributed by atoms with E-state index in [0.29, 0.717) is 17.5 Å². The molecular weight excluding hydrogens is 701 g/mol. The summed E-state index contributed by atoms with van der Waals surface area (Å²) >= 11 is 0. The second kappa shape index (κ2) is 12.3. The molecule has 8 aromatic carbocycles. The molecule has 0 amide bonds. The van der Waals surface area contributed by atoms with Crippen LogP contribution in [0.3, 0.4) is 0 Å². The Hall–Kier alpha value is -7.83. The van der Waals surface area contributed by atoms with Crippen molar-refractivity contribution in [1.82, 2.24) is 19.5 Å². The van der Waals surface area contributed by atoms with Gasteiger partial charge in [0.25, 0.3) is 0 Å². The van der Waals surface area contributed by atoms with E-state index in [0.717, 1.165) is 88.4 Å². The Morgan fingerprint density at radius 2 is 0.842 bits per heavy atom. The van der Waals surface area contributed by atoms with E-state index in [4.69, 9.17) is 23.8 Å². The Morgan fingerprint density at radius 1 is 0.333 bits per heavy atom. The molecule has 0 spiro atoms. The number of furan rings is 2. The highest BCUT2D eigenvalue weighted by Crippen LogP contribution is 2.41. The first-order chi connectivity index (χ1) is 28.2. The van der Waals surface area contributed by atoms with Crippen molar-refractivity contribution in [3.8, 4) is 51.0 Å². The molecule has 0 saturated carbocycles. The van der Waals surface area contributed by atoms with Gasteiger partial charge in [0.15, 0.2) is 17.5 Å². The summed E-state index contributed by atoms with van der Waals surface area (Å²) in [6.07, 6.45) is 0. The lowest BCUT2D eigenvalue weighted by atomic mass is 10.0. The fraction of sp³-hybridized carbons (Fsp3) is 0. The molecule has 0 bridgehead atoms. The summed E-state index contributed by atoms with van der Waals surface area (Å²) in [5.74, 6) is 1.72. The number of benzene rings is 8. The molecule has 0 N–H and O–H groups in total. The van der Waals surface area contributed by atoms with Crippen molar-refractivity contribution >= 4 is 65.7 Å². The molecule has 6 heteroatoms. The van der Waals surface area contributed by atoms with E-state index in [1.165, 1.54) is 10.8 Å². The molecule has 0 radical (unpaired) electrons. The van der Waals surface area contributed by atoms with Gasteiger partial charge in [0, 0.05) is 60.8 Å². The van der Waals surface area contributed by atoms with Gasteiger partial charge < -0.3 is 13.4 Å².